The van der Waals surface area contributed by atoms with Crippen LogP contribution in [0.5, 0.6) is 0 Å². The van der Waals surface area contributed by atoms with Crippen LogP contribution in [0.1, 0.15) is 19.5 Å². The highest BCUT2D eigenvalue weighted by Gasteiger charge is 2.30. The zero-order valence-corrected chi connectivity index (χ0v) is 7.41. The van der Waals surface area contributed by atoms with E-state index in [0.717, 1.165) is 6.20 Å². The fourth-order valence-electron chi connectivity index (χ4n) is 0.855. The lowest BCUT2D eigenvalue weighted by Crippen LogP contribution is -2.29. The average molecular weight is 183 g/mol. The summed E-state index contributed by atoms with van der Waals surface area (Å²) in [4.78, 5) is 14.5. The Morgan fingerprint density at radius 3 is 2.54 bits per heavy atom. The molecule has 1 aromatic heterocycles. The molecule has 0 amide bonds. The van der Waals surface area contributed by atoms with Crippen molar-refractivity contribution in [2.45, 2.75) is 19.3 Å². The summed E-state index contributed by atoms with van der Waals surface area (Å²) in [6.45, 7) is 3.05. The van der Waals surface area contributed by atoms with E-state index in [0.29, 0.717) is 5.69 Å². The Labute approximate surface area is 75.2 Å². The lowest BCUT2D eigenvalue weighted by Gasteiger charge is -2.17. The van der Waals surface area contributed by atoms with Crippen molar-refractivity contribution in [2.75, 3.05) is 0 Å². The molecule has 4 heteroatoms. The molecule has 1 aromatic rings. The van der Waals surface area contributed by atoms with Gasteiger partial charge in [-0.05, 0) is 26.0 Å². The molecule has 0 unspecified atom stereocenters. The normalized spacial score (nSPS) is 11.3. The number of aromatic nitrogens is 1. The van der Waals surface area contributed by atoms with Crippen molar-refractivity contribution in [3.63, 3.8) is 0 Å². The Balaban J connectivity index is 3.08. The molecule has 0 fully saturated rings. The summed E-state index contributed by atoms with van der Waals surface area (Å²) in [5.41, 5.74) is -0.727. The van der Waals surface area contributed by atoms with Crippen molar-refractivity contribution in [3.05, 3.63) is 29.8 Å². The summed E-state index contributed by atoms with van der Waals surface area (Å²) in [6, 6.07) is 2.58. The van der Waals surface area contributed by atoms with Crippen molar-refractivity contribution in [2.24, 2.45) is 0 Å². The molecule has 0 aliphatic heterocycles. The highest BCUT2D eigenvalue weighted by molar-refractivity contribution is 5.79. The van der Waals surface area contributed by atoms with Gasteiger partial charge < -0.3 is 5.11 Å². The molecule has 0 atom stereocenters. The second-order valence-electron chi connectivity index (χ2n) is 3.29. The summed E-state index contributed by atoms with van der Waals surface area (Å²) < 4.78 is 12.5. The van der Waals surface area contributed by atoms with E-state index in [1.54, 1.807) is 0 Å². The number of pyridine rings is 1. The molecule has 0 aliphatic rings. The lowest BCUT2D eigenvalue weighted by atomic mass is 9.89. The third-order valence-electron chi connectivity index (χ3n) is 1.90. The molecule has 1 rings (SSSR count). The SMILES string of the molecule is CC(C)(C(=O)O)c1ccc(F)cn1. The molecule has 0 aromatic carbocycles. The number of halogens is 1. The van der Waals surface area contributed by atoms with Gasteiger partial charge in [0.15, 0.2) is 0 Å². The standard InChI is InChI=1S/C9H10FNO2/c1-9(2,8(12)13)7-4-3-6(10)5-11-7/h3-5H,1-2H3,(H,12,13). The first-order valence-electron chi connectivity index (χ1n) is 3.80. The van der Waals surface area contributed by atoms with Crippen LogP contribution in [-0.2, 0) is 10.2 Å². The maximum absolute atomic E-state index is 12.5. The summed E-state index contributed by atoms with van der Waals surface area (Å²) in [6.07, 6.45) is 1.01. The van der Waals surface area contributed by atoms with Crippen LogP contribution >= 0.6 is 0 Å². The monoisotopic (exact) mass is 183 g/mol. The van der Waals surface area contributed by atoms with Gasteiger partial charge in [0, 0.05) is 0 Å². The van der Waals surface area contributed by atoms with Gasteiger partial charge >= 0.3 is 5.97 Å². The number of rotatable bonds is 2. The van der Waals surface area contributed by atoms with Crippen LogP contribution in [0, 0.1) is 5.82 Å². The Hall–Kier alpha value is -1.45. The van der Waals surface area contributed by atoms with Crippen LogP contribution in [0.15, 0.2) is 18.3 Å². The number of carbonyl (C=O) groups is 1. The molecule has 0 aliphatic carbocycles. The maximum Gasteiger partial charge on any atom is 0.315 e. The Morgan fingerprint density at radius 1 is 1.54 bits per heavy atom. The molecule has 3 nitrogen and oxygen atoms in total. The van der Waals surface area contributed by atoms with Crippen LogP contribution in [-0.4, -0.2) is 16.1 Å². The summed E-state index contributed by atoms with van der Waals surface area (Å²) in [5.74, 6) is -1.45. The van der Waals surface area contributed by atoms with Crippen LogP contribution in [0.4, 0.5) is 4.39 Å². The van der Waals surface area contributed by atoms with Crippen molar-refractivity contribution in [1.29, 1.82) is 0 Å². The van der Waals surface area contributed by atoms with E-state index in [-0.39, 0.29) is 0 Å². The van der Waals surface area contributed by atoms with E-state index in [9.17, 15) is 9.18 Å². The van der Waals surface area contributed by atoms with E-state index in [1.165, 1.54) is 26.0 Å². The fourth-order valence-corrected chi connectivity index (χ4v) is 0.855. The molecule has 1 heterocycles. The second-order valence-corrected chi connectivity index (χ2v) is 3.29. The van der Waals surface area contributed by atoms with Crippen LogP contribution in [0.25, 0.3) is 0 Å². The molecule has 0 spiro atoms. The number of carboxylic acid groups (broad SMARTS) is 1. The van der Waals surface area contributed by atoms with Gasteiger partial charge in [0.25, 0.3) is 0 Å². The zero-order valence-electron chi connectivity index (χ0n) is 7.41. The summed E-state index contributed by atoms with van der Waals surface area (Å²) in [5, 5.41) is 8.83. The summed E-state index contributed by atoms with van der Waals surface area (Å²) >= 11 is 0. The molecule has 0 bridgehead atoms. The van der Waals surface area contributed by atoms with E-state index < -0.39 is 17.2 Å². The molecule has 0 saturated heterocycles. The fraction of sp³-hybridized carbons (Fsp3) is 0.333. The largest absolute Gasteiger partial charge is 0.481 e. The highest BCUT2D eigenvalue weighted by atomic mass is 19.1. The van der Waals surface area contributed by atoms with Crippen molar-refractivity contribution >= 4 is 5.97 Å². The molecule has 0 radical (unpaired) electrons. The molecule has 70 valence electrons. The minimum Gasteiger partial charge on any atom is -0.481 e. The minimum atomic E-state index is -1.08. The van der Waals surface area contributed by atoms with E-state index in [2.05, 4.69) is 4.98 Å². The lowest BCUT2D eigenvalue weighted by molar-refractivity contribution is -0.142. The van der Waals surface area contributed by atoms with Crippen LogP contribution in [0.3, 0.4) is 0 Å². The number of nitrogens with zero attached hydrogens (tertiary/aromatic N) is 1. The van der Waals surface area contributed by atoms with Gasteiger partial charge in [0.05, 0.1) is 11.9 Å². The second kappa shape index (κ2) is 3.12. The zero-order chi connectivity index (χ0) is 10.1. The van der Waals surface area contributed by atoms with E-state index >= 15 is 0 Å². The van der Waals surface area contributed by atoms with E-state index in [1.807, 2.05) is 0 Å². The first kappa shape index (κ1) is 9.64. The molecule has 13 heavy (non-hydrogen) atoms. The van der Waals surface area contributed by atoms with Crippen LogP contribution < -0.4 is 0 Å². The molecular formula is C9H10FNO2. The van der Waals surface area contributed by atoms with Crippen molar-refractivity contribution < 1.29 is 14.3 Å². The van der Waals surface area contributed by atoms with Gasteiger partial charge in [-0.25, -0.2) is 4.39 Å². The topological polar surface area (TPSA) is 50.2 Å². The first-order valence-corrected chi connectivity index (χ1v) is 3.80. The smallest absolute Gasteiger partial charge is 0.315 e. The van der Waals surface area contributed by atoms with Crippen LogP contribution in [0.2, 0.25) is 0 Å². The van der Waals surface area contributed by atoms with Crippen molar-refractivity contribution in [1.82, 2.24) is 4.98 Å². The number of hydrogen-bond donors (Lipinski definition) is 1. The van der Waals surface area contributed by atoms with Gasteiger partial charge in [-0.2, -0.15) is 0 Å². The van der Waals surface area contributed by atoms with E-state index in [4.69, 9.17) is 5.11 Å². The van der Waals surface area contributed by atoms with Gasteiger partial charge in [0.1, 0.15) is 11.2 Å². The third-order valence-corrected chi connectivity index (χ3v) is 1.90. The Kier molecular flexibility index (Phi) is 2.32. The number of carboxylic acids is 1. The predicted octanol–water partition coefficient (Wildman–Crippen LogP) is 1.58. The van der Waals surface area contributed by atoms with Gasteiger partial charge in [-0.3, -0.25) is 9.78 Å². The quantitative estimate of drug-likeness (QED) is 0.757. The van der Waals surface area contributed by atoms with Crippen molar-refractivity contribution in [3.8, 4) is 0 Å². The first-order chi connectivity index (χ1) is 5.94. The Bertz CT molecular complexity index is 319. The maximum atomic E-state index is 12.5. The van der Waals surface area contributed by atoms with Gasteiger partial charge in [-0.1, -0.05) is 0 Å². The molecule has 1 N–H and O–H groups in total. The number of aliphatic carboxylic acids is 1. The third kappa shape index (κ3) is 1.83. The molecular weight excluding hydrogens is 173 g/mol. The summed E-state index contributed by atoms with van der Waals surface area (Å²) in [7, 11) is 0. The molecule has 0 saturated carbocycles. The number of hydrogen-bond acceptors (Lipinski definition) is 2. The average Bonchev–Trinajstić information content (AvgIpc) is 2.04. The Morgan fingerprint density at radius 2 is 2.15 bits per heavy atom. The van der Waals surface area contributed by atoms with Gasteiger partial charge in [-0.15, -0.1) is 0 Å². The highest BCUT2D eigenvalue weighted by Crippen LogP contribution is 2.20. The van der Waals surface area contributed by atoms with Gasteiger partial charge in [0.2, 0.25) is 0 Å². The minimum absolute atomic E-state index is 0.349. The predicted molar refractivity (Wildman–Crippen MR) is 44.9 cm³/mol.